The molecule has 6 heteroatoms. The molecule has 0 spiro atoms. The van der Waals surface area contributed by atoms with Crippen LogP contribution in [0.15, 0.2) is 24.3 Å². The van der Waals surface area contributed by atoms with Crippen LogP contribution >= 0.6 is 11.6 Å². The third-order valence-corrected chi connectivity index (χ3v) is 2.12. The third kappa shape index (κ3) is 3.22. The zero-order valence-electron chi connectivity index (χ0n) is 8.39. The summed E-state index contributed by atoms with van der Waals surface area (Å²) in [4.78, 5) is 23.2. The Morgan fingerprint density at radius 1 is 1.44 bits per heavy atom. The van der Waals surface area contributed by atoms with Gasteiger partial charge >= 0.3 is 5.97 Å². The summed E-state index contributed by atoms with van der Waals surface area (Å²) in [5, 5.41) is 9.12. The number of benzene rings is 1. The number of carbonyl (C=O) groups is 2. The van der Waals surface area contributed by atoms with Crippen LogP contribution in [0.2, 0.25) is 5.02 Å². The Morgan fingerprint density at radius 3 is 2.62 bits per heavy atom. The van der Waals surface area contributed by atoms with E-state index < -0.39 is 18.4 Å². The van der Waals surface area contributed by atoms with Gasteiger partial charge in [-0.2, -0.15) is 0 Å². The molecule has 0 aliphatic carbocycles. The van der Waals surface area contributed by atoms with Crippen molar-refractivity contribution >= 4 is 29.2 Å². The van der Waals surface area contributed by atoms with E-state index in [4.69, 9.17) is 22.4 Å². The molecule has 86 valence electrons. The minimum absolute atomic E-state index is 0.250. The lowest BCUT2D eigenvalue weighted by atomic mass is 10.2. The first-order valence-electron chi connectivity index (χ1n) is 4.52. The molecule has 0 radical (unpaired) electrons. The van der Waals surface area contributed by atoms with Gasteiger partial charge in [-0.1, -0.05) is 17.7 Å². The number of aliphatic carboxylic acids is 1. The van der Waals surface area contributed by atoms with Crippen molar-refractivity contribution in [3.8, 4) is 0 Å². The lowest BCUT2D eigenvalue weighted by Crippen LogP contribution is -2.39. The van der Waals surface area contributed by atoms with Gasteiger partial charge in [-0.15, -0.1) is 0 Å². The summed E-state index contributed by atoms with van der Waals surface area (Å²) in [6.45, 7) is -0.684. The van der Waals surface area contributed by atoms with Crippen LogP contribution in [-0.4, -0.2) is 30.1 Å². The Morgan fingerprint density at radius 2 is 2.12 bits per heavy atom. The number of amides is 1. The van der Waals surface area contributed by atoms with Gasteiger partial charge < -0.3 is 15.7 Å². The molecule has 1 aromatic rings. The van der Waals surface area contributed by atoms with E-state index >= 15 is 0 Å². The monoisotopic (exact) mass is 242 g/mol. The molecule has 0 saturated heterocycles. The van der Waals surface area contributed by atoms with Crippen molar-refractivity contribution in [2.24, 2.45) is 5.73 Å². The summed E-state index contributed by atoms with van der Waals surface area (Å²) in [5.41, 5.74) is 5.63. The number of carbonyl (C=O) groups excluding carboxylic acids is 1. The fourth-order valence-corrected chi connectivity index (χ4v) is 1.40. The minimum atomic E-state index is -1.11. The Kier molecular flexibility index (Phi) is 4.28. The van der Waals surface area contributed by atoms with Crippen molar-refractivity contribution in [1.29, 1.82) is 0 Å². The fourth-order valence-electron chi connectivity index (χ4n) is 1.21. The summed E-state index contributed by atoms with van der Waals surface area (Å²) in [7, 11) is 0. The molecule has 1 rings (SSSR count). The van der Waals surface area contributed by atoms with Gasteiger partial charge in [0.1, 0.15) is 6.54 Å². The second kappa shape index (κ2) is 5.48. The highest BCUT2D eigenvalue weighted by molar-refractivity contribution is 6.30. The molecule has 1 amide bonds. The lowest BCUT2D eigenvalue weighted by molar-refractivity contribution is -0.136. The molecule has 0 saturated carbocycles. The maximum Gasteiger partial charge on any atom is 0.323 e. The summed E-state index contributed by atoms with van der Waals surface area (Å²) in [6, 6.07) is 6.38. The van der Waals surface area contributed by atoms with Crippen LogP contribution in [0.1, 0.15) is 0 Å². The van der Waals surface area contributed by atoms with E-state index in [0.29, 0.717) is 10.7 Å². The zero-order chi connectivity index (χ0) is 12.1. The average Bonchev–Trinajstić information content (AvgIpc) is 2.24. The minimum Gasteiger partial charge on any atom is -0.480 e. The Bertz CT molecular complexity index is 409. The molecular weight excluding hydrogens is 232 g/mol. The number of hydrogen-bond acceptors (Lipinski definition) is 3. The van der Waals surface area contributed by atoms with Crippen molar-refractivity contribution < 1.29 is 14.7 Å². The van der Waals surface area contributed by atoms with Gasteiger partial charge in [0.05, 0.1) is 6.54 Å². The molecule has 16 heavy (non-hydrogen) atoms. The number of nitrogens with zero attached hydrogens (tertiary/aromatic N) is 1. The molecule has 3 N–H and O–H groups in total. The van der Waals surface area contributed by atoms with Crippen LogP contribution in [0, 0.1) is 0 Å². The van der Waals surface area contributed by atoms with Crippen LogP contribution in [0.5, 0.6) is 0 Å². The summed E-state index contributed by atoms with van der Waals surface area (Å²) in [6.07, 6.45) is 0. The smallest absolute Gasteiger partial charge is 0.323 e. The second-order valence-electron chi connectivity index (χ2n) is 3.06. The number of anilines is 1. The van der Waals surface area contributed by atoms with Crippen LogP contribution in [0.4, 0.5) is 5.69 Å². The topological polar surface area (TPSA) is 83.6 Å². The summed E-state index contributed by atoms with van der Waals surface area (Å²) < 4.78 is 0. The third-order valence-electron chi connectivity index (χ3n) is 1.89. The maximum atomic E-state index is 11.5. The number of halogens is 1. The first-order valence-corrected chi connectivity index (χ1v) is 4.90. The molecule has 1 aromatic carbocycles. The largest absolute Gasteiger partial charge is 0.480 e. The van der Waals surface area contributed by atoms with Gasteiger partial charge in [0, 0.05) is 10.7 Å². The predicted molar refractivity (Wildman–Crippen MR) is 60.5 cm³/mol. The van der Waals surface area contributed by atoms with Crippen molar-refractivity contribution in [2.75, 3.05) is 18.0 Å². The van der Waals surface area contributed by atoms with E-state index in [-0.39, 0.29) is 6.54 Å². The van der Waals surface area contributed by atoms with Crippen molar-refractivity contribution in [3.63, 3.8) is 0 Å². The highest BCUT2D eigenvalue weighted by atomic mass is 35.5. The number of carboxylic acid groups (broad SMARTS) is 1. The van der Waals surface area contributed by atoms with Crippen molar-refractivity contribution in [2.45, 2.75) is 0 Å². The molecule has 0 aliphatic rings. The highest BCUT2D eigenvalue weighted by Crippen LogP contribution is 2.19. The fraction of sp³-hybridized carbons (Fsp3) is 0.200. The number of carboxylic acids is 1. The maximum absolute atomic E-state index is 11.5. The Balaban J connectivity index is 3.00. The van der Waals surface area contributed by atoms with E-state index in [2.05, 4.69) is 0 Å². The van der Waals surface area contributed by atoms with E-state index in [1.54, 1.807) is 18.2 Å². The molecule has 0 unspecified atom stereocenters. The van der Waals surface area contributed by atoms with Gasteiger partial charge in [0.15, 0.2) is 0 Å². The van der Waals surface area contributed by atoms with Gasteiger partial charge in [0.2, 0.25) is 5.91 Å². The highest BCUT2D eigenvalue weighted by Gasteiger charge is 2.17. The van der Waals surface area contributed by atoms with Gasteiger partial charge in [-0.25, -0.2) is 0 Å². The molecule has 0 fully saturated rings. The lowest BCUT2D eigenvalue weighted by Gasteiger charge is -2.20. The van der Waals surface area contributed by atoms with E-state index in [0.717, 1.165) is 4.90 Å². The zero-order valence-corrected chi connectivity index (χ0v) is 9.15. The normalized spacial score (nSPS) is 9.88. The molecule has 5 nitrogen and oxygen atoms in total. The number of nitrogens with two attached hydrogens (primary N) is 1. The van der Waals surface area contributed by atoms with E-state index in [9.17, 15) is 9.59 Å². The first kappa shape index (κ1) is 12.5. The predicted octanol–water partition coefficient (Wildman–Crippen LogP) is 0.716. The van der Waals surface area contributed by atoms with Gasteiger partial charge in [-0.3, -0.25) is 9.59 Å². The number of rotatable bonds is 4. The van der Waals surface area contributed by atoms with Crippen LogP contribution in [0.25, 0.3) is 0 Å². The Labute approximate surface area is 97.4 Å². The first-order chi connectivity index (χ1) is 7.54. The average molecular weight is 243 g/mol. The van der Waals surface area contributed by atoms with E-state index in [1.165, 1.54) is 6.07 Å². The van der Waals surface area contributed by atoms with Gasteiger partial charge in [-0.05, 0) is 18.2 Å². The SMILES string of the molecule is NCC(=O)N(CC(=O)O)c1cccc(Cl)c1. The molecule has 0 heterocycles. The summed E-state index contributed by atoms with van der Waals surface area (Å²) >= 11 is 5.76. The second-order valence-corrected chi connectivity index (χ2v) is 3.49. The molecular formula is C10H11ClN2O3. The van der Waals surface area contributed by atoms with Crippen LogP contribution < -0.4 is 10.6 Å². The van der Waals surface area contributed by atoms with Gasteiger partial charge in [0.25, 0.3) is 0 Å². The quantitative estimate of drug-likeness (QED) is 0.815. The Hall–Kier alpha value is -1.59. The van der Waals surface area contributed by atoms with Crippen molar-refractivity contribution in [3.05, 3.63) is 29.3 Å². The number of hydrogen-bond donors (Lipinski definition) is 2. The van der Waals surface area contributed by atoms with Crippen LogP contribution in [0.3, 0.4) is 0 Å². The summed E-state index contributed by atoms with van der Waals surface area (Å²) in [5.74, 6) is -1.58. The molecule has 0 bridgehead atoms. The molecule has 0 aromatic heterocycles. The van der Waals surface area contributed by atoms with Crippen molar-refractivity contribution in [1.82, 2.24) is 0 Å². The molecule has 0 atom stereocenters. The van der Waals surface area contributed by atoms with E-state index in [1.807, 2.05) is 0 Å². The molecule has 0 aliphatic heterocycles. The van der Waals surface area contributed by atoms with Crippen LogP contribution in [-0.2, 0) is 9.59 Å². The standard InChI is InChI=1S/C10H11ClN2O3/c11-7-2-1-3-8(4-7)13(6-10(15)16)9(14)5-12/h1-4H,5-6,12H2,(H,15,16).